The third-order valence-corrected chi connectivity index (χ3v) is 11.6. The van der Waals surface area contributed by atoms with Crippen molar-refractivity contribution in [1.29, 1.82) is 0 Å². The number of hydrogen-bond donors (Lipinski definition) is 1. The number of carbonyl (C=O) groups is 1. The fraction of sp³-hybridized carbons (Fsp3) is 0.225. The Balaban J connectivity index is 1.46. The van der Waals surface area contributed by atoms with Crippen molar-refractivity contribution >= 4 is 32.6 Å². The van der Waals surface area contributed by atoms with Gasteiger partial charge in [-0.25, -0.2) is 22.5 Å². The Morgan fingerprint density at radius 2 is 1.34 bits per heavy atom. The number of sulfone groups is 1. The van der Waals surface area contributed by atoms with Gasteiger partial charge in [-0.1, -0.05) is 97.1 Å². The molecule has 0 saturated heterocycles. The van der Waals surface area contributed by atoms with Gasteiger partial charge in [0.2, 0.25) is 15.7 Å². The van der Waals surface area contributed by atoms with Gasteiger partial charge in [-0.3, -0.25) is 4.79 Å². The van der Waals surface area contributed by atoms with Crippen LogP contribution in [0.2, 0.25) is 0 Å². The van der Waals surface area contributed by atoms with E-state index in [0.717, 1.165) is 48.4 Å². The van der Waals surface area contributed by atoms with Gasteiger partial charge in [0.1, 0.15) is 11.4 Å². The zero-order valence-corrected chi connectivity index (χ0v) is 28.7. The molecule has 2 heterocycles. The lowest BCUT2D eigenvalue weighted by Crippen LogP contribution is -2.39. The molecular weight excluding hydrogens is 650 g/mol. The average molecular weight is 688 g/mol. The number of fused-ring (bicyclic) bond motifs is 1. The molecule has 1 amide bonds. The number of amides is 1. The Hall–Kier alpha value is -5.19. The second kappa shape index (κ2) is 13.6. The van der Waals surface area contributed by atoms with Crippen molar-refractivity contribution in [2.75, 3.05) is 19.4 Å². The van der Waals surface area contributed by atoms with E-state index < -0.39 is 21.2 Å². The lowest BCUT2D eigenvalue weighted by atomic mass is 9.77. The highest BCUT2D eigenvalue weighted by molar-refractivity contribution is 7.91. The number of aromatic nitrogens is 3. The molecule has 8 nitrogen and oxygen atoms in total. The van der Waals surface area contributed by atoms with Crippen molar-refractivity contribution in [2.24, 2.45) is 5.92 Å². The Labute approximate surface area is 291 Å². The van der Waals surface area contributed by atoms with E-state index in [-0.39, 0.29) is 27.4 Å². The zero-order valence-electron chi connectivity index (χ0n) is 27.9. The van der Waals surface area contributed by atoms with Crippen LogP contribution in [0.3, 0.4) is 0 Å². The van der Waals surface area contributed by atoms with Gasteiger partial charge < -0.3 is 10.2 Å². The van der Waals surface area contributed by atoms with Crippen LogP contribution in [0.25, 0.3) is 11.0 Å². The van der Waals surface area contributed by atoms with Crippen LogP contribution in [-0.4, -0.2) is 54.1 Å². The molecule has 2 aromatic heterocycles. The lowest BCUT2D eigenvalue weighted by molar-refractivity contribution is -0.121. The minimum Gasteiger partial charge on any atom is -0.308 e. The molecule has 0 aliphatic heterocycles. The summed E-state index contributed by atoms with van der Waals surface area (Å²) in [6.07, 6.45) is 4.54. The monoisotopic (exact) mass is 687 g/mol. The predicted molar refractivity (Wildman–Crippen MR) is 192 cm³/mol. The third kappa shape index (κ3) is 5.99. The van der Waals surface area contributed by atoms with Gasteiger partial charge in [0.15, 0.2) is 11.5 Å². The van der Waals surface area contributed by atoms with Gasteiger partial charge in [0.25, 0.3) is 0 Å². The molecule has 1 saturated carbocycles. The largest absolute Gasteiger partial charge is 0.308 e. The molecule has 254 valence electrons. The van der Waals surface area contributed by atoms with Crippen molar-refractivity contribution in [3.05, 3.63) is 150 Å². The highest BCUT2D eigenvalue weighted by Crippen LogP contribution is 2.43. The molecule has 0 bridgehead atoms. The van der Waals surface area contributed by atoms with E-state index >= 15 is 0 Å². The molecule has 7 rings (SSSR count). The van der Waals surface area contributed by atoms with Crippen LogP contribution in [0.4, 0.5) is 10.2 Å². The van der Waals surface area contributed by atoms with Crippen LogP contribution in [0.5, 0.6) is 0 Å². The van der Waals surface area contributed by atoms with E-state index in [4.69, 9.17) is 10.1 Å². The van der Waals surface area contributed by atoms with Gasteiger partial charge in [0, 0.05) is 18.2 Å². The van der Waals surface area contributed by atoms with Crippen LogP contribution >= 0.6 is 0 Å². The molecule has 6 aromatic rings. The van der Waals surface area contributed by atoms with E-state index in [2.05, 4.69) is 24.3 Å². The molecule has 1 aliphatic carbocycles. The summed E-state index contributed by atoms with van der Waals surface area (Å²) in [7, 11) is -0.0520. The third-order valence-electron chi connectivity index (χ3n) is 9.85. The van der Waals surface area contributed by atoms with Crippen LogP contribution in [-0.2, 0) is 20.2 Å². The Kier molecular flexibility index (Phi) is 9.07. The van der Waals surface area contributed by atoms with Gasteiger partial charge in [-0.15, -0.1) is 0 Å². The molecule has 50 heavy (non-hydrogen) atoms. The molecule has 10 heteroatoms. The van der Waals surface area contributed by atoms with Crippen LogP contribution in [0.1, 0.15) is 42.4 Å². The molecule has 1 aliphatic rings. The maximum atomic E-state index is 14.2. The topological polar surface area (TPSA) is 97.2 Å². The molecule has 0 spiro atoms. The van der Waals surface area contributed by atoms with Crippen molar-refractivity contribution < 1.29 is 17.6 Å². The van der Waals surface area contributed by atoms with E-state index in [9.17, 15) is 17.6 Å². The number of rotatable bonds is 9. The number of nitrogens with zero attached hydrogens (tertiary/aromatic N) is 4. The lowest BCUT2D eigenvalue weighted by Gasteiger charge is -2.36. The Bertz CT molecular complexity index is 2140. The SMILES string of the molecule is CN(C)C1CCC(C(=O)Nc2nn(C(c3ccccc3)(c3ccccc3)c3ccccc3)c3ncc(S(=O)(=O)c4cccc(F)c4)cc23)CC1. The predicted octanol–water partition coefficient (Wildman–Crippen LogP) is 7.30. The Morgan fingerprint density at radius 1 is 0.780 bits per heavy atom. The summed E-state index contributed by atoms with van der Waals surface area (Å²) < 4.78 is 43.7. The van der Waals surface area contributed by atoms with Crippen molar-refractivity contribution in [1.82, 2.24) is 19.7 Å². The molecular formula is C40H38FN5O3S. The van der Waals surface area contributed by atoms with Crippen molar-refractivity contribution in [3.8, 4) is 0 Å². The van der Waals surface area contributed by atoms with Gasteiger partial charge >= 0.3 is 0 Å². The van der Waals surface area contributed by atoms with Crippen molar-refractivity contribution in [2.45, 2.75) is 47.1 Å². The van der Waals surface area contributed by atoms with E-state index in [1.165, 1.54) is 30.5 Å². The first-order chi connectivity index (χ1) is 24.2. The first-order valence-corrected chi connectivity index (χ1v) is 18.2. The first-order valence-electron chi connectivity index (χ1n) is 16.7. The normalized spacial score (nSPS) is 16.8. The second-order valence-electron chi connectivity index (χ2n) is 13.0. The maximum absolute atomic E-state index is 14.2. The highest BCUT2D eigenvalue weighted by atomic mass is 32.2. The fourth-order valence-electron chi connectivity index (χ4n) is 7.20. The van der Waals surface area contributed by atoms with E-state index in [1.54, 1.807) is 4.68 Å². The first kappa shape index (κ1) is 33.3. The van der Waals surface area contributed by atoms with Crippen LogP contribution in [0, 0.1) is 11.7 Å². The van der Waals surface area contributed by atoms with Gasteiger partial charge in [-0.2, -0.15) is 5.10 Å². The number of benzene rings is 4. The van der Waals surface area contributed by atoms with Crippen molar-refractivity contribution in [3.63, 3.8) is 0 Å². The number of carbonyl (C=O) groups excluding carboxylic acids is 1. The molecule has 1 fully saturated rings. The fourth-order valence-corrected chi connectivity index (χ4v) is 8.47. The smallest absolute Gasteiger partial charge is 0.228 e. The molecule has 0 atom stereocenters. The number of halogens is 1. The summed E-state index contributed by atoms with van der Waals surface area (Å²) in [5.74, 6) is -0.850. The van der Waals surface area contributed by atoms with Crippen LogP contribution in [0.15, 0.2) is 137 Å². The van der Waals surface area contributed by atoms with Gasteiger partial charge in [-0.05, 0) is 80.7 Å². The minimum atomic E-state index is -4.17. The average Bonchev–Trinajstić information content (AvgIpc) is 3.50. The minimum absolute atomic E-state index is 0.137. The summed E-state index contributed by atoms with van der Waals surface area (Å²) in [6, 6.07) is 36.6. The number of hydrogen-bond acceptors (Lipinski definition) is 6. The summed E-state index contributed by atoms with van der Waals surface area (Å²) >= 11 is 0. The Morgan fingerprint density at radius 3 is 1.86 bits per heavy atom. The summed E-state index contributed by atoms with van der Waals surface area (Å²) in [5.41, 5.74) is 1.95. The van der Waals surface area contributed by atoms with E-state index in [1.807, 2.05) is 91.0 Å². The summed E-state index contributed by atoms with van der Waals surface area (Å²) in [5, 5.41) is 8.58. The zero-order chi connectivity index (χ0) is 34.9. The molecule has 1 N–H and O–H groups in total. The summed E-state index contributed by atoms with van der Waals surface area (Å²) in [4.78, 5) is 20.6. The van der Waals surface area contributed by atoms with E-state index in [0.29, 0.717) is 17.1 Å². The van der Waals surface area contributed by atoms with Crippen LogP contribution < -0.4 is 5.32 Å². The highest BCUT2D eigenvalue weighted by Gasteiger charge is 2.42. The molecule has 0 unspecified atom stereocenters. The number of anilines is 1. The van der Waals surface area contributed by atoms with Gasteiger partial charge in [0.05, 0.1) is 15.2 Å². The standard InChI is InChI=1S/C40H38FN5O3S/c1-45(2)33-23-21-28(22-24-33)39(47)43-37-36-26-35(50(48,49)34-20-12-19-32(41)25-34)27-42-38(36)46(44-37)40(29-13-6-3-7-14-29,30-15-8-4-9-16-30)31-17-10-5-11-18-31/h3-20,25-28,33H,21-24H2,1-2H3,(H,43,44,47). The quantitative estimate of drug-likeness (QED) is 0.160. The second-order valence-corrected chi connectivity index (χ2v) is 15.0. The maximum Gasteiger partial charge on any atom is 0.228 e. The summed E-state index contributed by atoms with van der Waals surface area (Å²) in [6.45, 7) is 0. The molecule has 4 aromatic carbocycles. The number of nitrogens with one attached hydrogen (secondary N) is 1. The number of pyridine rings is 1. The molecule has 0 radical (unpaired) electrons.